The molecule has 6 aromatic rings. The summed E-state index contributed by atoms with van der Waals surface area (Å²) >= 11 is 0. The summed E-state index contributed by atoms with van der Waals surface area (Å²) in [5.41, 5.74) is 13.3. The number of nitrogen functional groups attached to an aromatic ring is 2. The monoisotopic (exact) mass is 1610 g/mol. The average Bonchev–Trinajstić information content (AvgIpc) is 1.56. The molecular formula is C54H68B2F4N18O26P4. The largest absolute Gasteiger partial charge is 0.737 e. The van der Waals surface area contributed by atoms with Gasteiger partial charge in [0, 0.05) is 99.7 Å². The molecule has 12 heterocycles. The fourth-order valence-corrected chi connectivity index (χ4v) is 16.1. The Bertz CT molecular complexity index is 5160. The van der Waals surface area contributed by atoms with Crippen LogP contribution in [0.5, 0.6) is 0 Å². The number of carbonyl (C=O) groups excluding carboxylic acids is 4. The normalized spacial score (nSPS) is 22.9. The smallest absolute Gasteiger partial charge is 0.440 e. The summed E-state index contributed by atoms with van der Waals surface area (Å²) in [6.07, 6.45) is -4.21. The Balaban J connectivity index is 0.000000215. The first-order chi connectivity index (χ1) is 50.5. The summed E-state index contributed by atoms with van der Waals surface area (Å²) in [7, 11) is -21.8. The number of amides is 4. The molecule has 10 atom stereocenters. The minimum atomic E-state index is -5.50. The van der Waals surface area contributed by atoms with E-state index >= 15 is 17.3 Å². The van der Waals surface area contributed by atoms with Gasteiger partial charge in [-0.1, -0.05) is 0 Å². The summed E-state index contributed by atoms with van der Waals surface area (Å²) in [5, 5.41) is 31.9. The van der Waals surface area contributed by atoms with Crippen molar-refractivity contribution in [2.24, 2.45) is 0 Å². The number of phosphoric ester groups is 2. The van der Waals surface area contributed by atoms with E-state index in [4.69, 9.17) is 50.0 Å². The number of fused-ring (bicyclic) bond motifs is 6. The van der Waals surface area contributed by atoms with Gasteiger partial charge >= 0.3 is 57.4 Å². The van der Waals surface area contributed by atoms with Gasteiger partial charge in [0.25, 0.3) is 11.1 Å². The van der Waals surface area contributed by atoms with E-state index in [1.54, 1.807) is 76.3 Å². The van der Waals surface area contributed by atoms with Gasteiger partial charge in [0.1, 0.15) is 35.8 Å². The number of hydrogen-bond acceptors (Lipinski definition) is 26. The molecule has 2 unspecified atom stereocenters. The maximum Gasteiger partial charge on any atom is 0.737 e. The second-order valence-corrected chi connectivity index (χ2v) is 30.4. The molecule has 6 aromatic heterocycles. The third kappa shape index (κ3) is 17.3. The van der Waals surface area contributed by atoms with Crippen LogP contribution in [0.25, 0.3) is 34.5 Å². The van der Waals surface area contributed by atoms with Crippen LogP contribution in [-0.4, -0.2) is 222 Å². The van der Waals surface area contributed by atoms with Gasteiger partial charge in [-0.3, -0.25) is 47.3 Å². The number of carbonyl (C=O) groups is 4. The summed E-state index contributed by atoms with van der Waals surface area (Å²) < 4.78 is 154. The van der Waals surface area contributed by atoms with Gasteiger partial charge in [0.05, 0.1) is 25.9 Å². The molecule has 0 radical (unpaired) electrons. The zero-order valence-electron chi connectivity index (χ0n) is 56.5. The Morgan fingerprint density at radius 3 is 1.43 bits per heavy atom. The van der Waals surface area contributed by atoms with Gasteiger partial charge in [-0.05, 0) is 62.3 Å². The quantitative estimate of drug-likeness (QED) is 0.0145. The molecule has 12 rings (SSSR count). The van der Waals surface area contributed by atoms with E-state index in [1.165, 1.54) is 0 Å². The molecule has 44 nitrogen and oxygen atoms in total. The van der Waals surface area contributed by atoms with Crippen LogP contribution in [0.4, 0.5) is 38.7 Å². The Hall–Kier alpha value is -9.15. The predicted molar refractivity (Wildman–Crippen MR) is 363 cm³/mol. The highest BCUT2D eigenvalue weighted by atomic mass is 31.3. The van der Waals surface area contributed by atoms with E-state index in [0.717, 1.165) is 50.8 Å². The fraction of sp³-hybridized carbons (Fsp3) is 0.407. The van der Waals surface area contributed by atoms with Gasteiger partial charge in [-0.2, -0.15) is 18.6 Å². The van der Waals surface area contributed by atoms with E-state index < -0.39 is 143 Å². The molecule has 0 saturated carbocycles. The van der Waals surface area contributed by atoms with E-state index in [2.05, 4.69) is 68.8 Å². The first-order valence-electron chi connectivity index (χ1n) is 32.1. The number of nitrogens with two attached hydrogens (primary N) is 2. The number of aliphatic hydroxyl groups is 2. The number of hydrogen-bond donors (Lipinski definition) is 16. The Kier molecular flexibility index (Phi) is 22.7. The molecule has 0 aliphatic carbocycles. The number of nitrogens with one attached hydrogen (secondary N) is 6. The molecule has 54 heteroatoms. The molecule has 0 bridgehead atoms. The third-order valence-corrected chi connectivity index (χ3v) is 21.6. The number of aromatic amines is 2. The van der Waals surface area contributed by atoms with Gasteiger partial charge in [-0.15, -0.1) is 0 Å². The number of anilines is 2. The summed E-state index contributed by atoms with van der Waals surface area (Å²) in [6.45, 7) is -4.38. The summed E-state index contributed by atoms with van der Waals surface area (Å²) in [6, 6.07) is 3.37. The second kappa shape index (κ2) is 30.7. The number of alkyl carbamates (subject to hydrolysis) is 2. The predicted octanol–water partition coefficient (Wildman–Crippen LogP) is -0.207. The zero-order chi connectivity index (χ0) is 78.7. The van der Waals surface area contributed by atoms with Crippen molar-refractivity contribution in [2.45, 2.75) is 102 Å². The fourth-order valence-electron chi connectivity index (χ4n) is 12.9. The maximum atomic E-state index is 15.6. The minimum Gasteiger partial charge on any atom is -0.440 e. The highest BCUT2D eigenvalue weighted by Gasteiger charge is 2.55. The van der Waals surface area contributed by atoms with Crippen LogP contribution in [0.1, 0.15) is 72.0 Å². The molecule has 0 spiro atoms. The van der Waals surface area contributed by atoms with Crippen molar-refractivity contribution in [3.8, 4) is 0 Å². The van der Waals surface area contributed by atoms with Crippen molar-refractivity contribution in [3.05, 3.63) is 115 Å². The average molecular weight is 1610 g/mol. The highest BCUT2D eigenvalue weighted by Crippen LogP contribution is 2.59. The van der Waals surface area contributed by atoms with Gasteiger partial charge < -0.3 is 126 Å². The van der Waals surface area contributed by atoms with Gasteiger partial charge in [-0.25, -0.2) is 37.8 Å². The van der Waals surface area contributed by atoms with Gasteiger partial charge in [0.2, 0.25) is 23.7 Å². The standard InChI is InChI=1S/2C27H34BF2N9O13P2/c1-13-9-14(2)38-17(13)10-16-4-3-15(39(16)28(38,29)30)5-6-19(40)32-7-8-33-27(43)51-22-18(11-49-54(47,48)52-53(44,45)46)50-25(21(22)41)37-12-34-20-23(37)35-26(31)36-24(20)42;1-13-9-14(2)38-17(13)10-16-4-3-15(39(16)28(38,29)30)5-6-19(40)32-7-8-33-27(43)51-22-21(41)18(11-49-54(47,48)52-53(44,45)46)50-25(22)37-12-34-20-23(37)35-26(31)36-24(20)42/h2*3-4,9-10,12,18,21-22,25,41H,5-8,11H2,1-2H3,(H,32,40)(H,33,43)(H,47,48)(H2,44,45,46)(H3,31,35,36,42)/t2*18-,21-,22-,25-/m11/s1. The van der Waals surface area contributed by atoms with E-state index in [1.807, 2.05) is 0 Å². The molecule has 2 saturated heterocycles. The minimum absolute atomic E-state index is 0.000563. The van der Waals surface area contributed by atoms with Crippen molar-refractivity contribution in [1.29, 1.82) is 0 Å². The lowest BCUT2D eigenvalue weighted by Gasteiger charge is -2.30. The van der Waals surface area contributed by atoms with Crippen LogP contribution >= 0.6 is 31.3 Å². The molecule has 584 valence electrons. The van der Waals surface area contributed by atoms with Crippen LogP contribution in [-0.2, 0) is 64.5 Å². The first kappa shape index (κ1) is 79.9. The first-order valence-corrected chi connectivity index (χ1v) is 38.1. The lowest BCUT2D eigenvalue weighted by atomic mass is 9.90. The number of rotatable bonds is 26. The number of imidazole rings is 2. The number of aryl methyl sites for hydroxylation is 4. The molecule has 6 aliphatic heterocycles. The number of aromatic nitrogens is 10. The Morgan fingerprint density at radius 1 is 0.593 bits per heavy atom. The molecule has 2 fully saturated rings. The number of ether oxygens (including phenoxy) is 4. The topological polar surface area (TPSA) is 615 Å². The van der Waals surface area contributed by atoms with Crippen molar-refractivity contribution < 1.29 is 140 Å². The van der Waals surface area contributed by atoms with Crippen LogP contribution < -0.4 is 43.9 Å². The van der Waals surface area contributed by atoms with Crippen molar-refractivity contribution in [2.75, 3.05) is 50.9 Å². The lowest BCUT2D eigenvalue weighted by Crippen LogP contribution is -2.50. The maximum absolute atomic E-state index is 15.6. The number of halogens is 4. The molecular weight excluding hydrogens is 1540 g/mol. The second-order valence-electron chi connectivity index (χ2n) is 24.8. The zero-order valence-corrected chi connectivity index (χ0v) is 60.0. The summed E-state index contributed by atoms with van der Waals surface area (Å²) in [4.78, 5) is 150. The molecule has 0 aromatic carbocycles. The molecule has 6 aliphatic rings. The highest BCUT2D eigenvalue weighted by molar-refractivity contribution is 7.61. The van der Waals surface area contributed by atoms with E-state index in [9.17, 15) is 67.0 Å². The number of nitrogens with zero attached hydrogens (tertiary/aromatic N) is 10. The van der Waals surface area contributed by atoms with Gasteiger partial charge in [0.15, 0.2) is 58.4 Å². The van der Waals surface area contributed by atoms with Crippen LogP contribution in [0.3, 0.4) is 0 Å². The Labute approximate surface area is 602 Å². The van der Waals surface area contributed by atoms with E-state index in [-0.39, 0.29) is 97.5 Å². The number of aliphatic hydroxyl groups excluding tert-OH is 2. The van der Waals surface area contributed by atoms with Crippen LogP contribution in [0.15, 0.2) is 70.1 Å². The summed E-state index contributed by atoms with van der Waals surface area (Å²) in [5.74, 6) is -1.64. The van der Waals surface area contributed by atoms with E-state index in [0.29, 0.717) is 34.2 Å². The molecule has 108 heavy (non-hydrogen) atoms. The SMILES string of the molecule is Cc1cc(C)n2c1C=C1C=CC(CCC(=O)NCCNC(=O)O[C@@H]3[C@H](O)[C@@H](COP(=O)(O)OP(=O)(O)O)O[C@H]3n3cnc4c(=O)[nH]c(N)nc43)=[N+]1[B-]2(F)F.Cc1cc(C)n2c1C=C1C=CC(CCC(=O)NCCNC(=O)O[C@H]3[C@@H](O)[C@H](n4cnc5c(=O)[nH]c(N)nc54)O[C@@H]3COP(=O)(O)OP(=O)(O)O)=[N+]1[B-]2(F)F. The number of H-pyrrole nitrogens is 2. The molecule has 18 N–H and O–H groups in total. The van der Waals surface area contributed by atoms with Crippen LogP contribution in [0, 0.1) is 27.7 Å². The number of phosphoric acid groups is 4. The lowest BCUT2D eigenvalue weighted by molar-refractivity contribution is -0.363. The van der Waals surface area contributed by atoms with Crippen molar-refractivity contribution in [1.82, 2.24) is 69.3 Å². The van der Waals surface area contributed by atoms with Crippen LogP contribution in [0.2, 0.25) is 0 Å². The third-order valence-electron chi connectivity index (χ3n) is 17.2. The molecule has 4 amide bonds. The number of allylic oxidation sites excluding steroid dienone is 4. The Morgan fingerprint density at radius 2 is 0.991 bits per heavy atom. The van der Waals surface area contributed by atoms with Crippen molar-refractivity contribution >= 4 is 127 Å². The van der Waals surface area contributed by atoms with Crippen molar-refractivity contribution in [3.63, 3.8) is 0 Å².